The molecule has 0 amide bonds. The van der Waals surface area contributed by atoms with E-state index in [1.807, 2.05) is 0 Å². The third-order valence-corrected chi connectivity index (χ3v) is 4.62. The molecule has 1 aromatic carbocycles. The van der Waals surface area contributed by atoms with E-state index in [9.17, 15) is 4.21 Å². The average Bonchev–Trinajstić information content (AvgIpc) is 2.32. The van der Waals surface area contributed by atoms with Crippen LogP contribution in [0.25, 0.3) is 0 Å². The average molecular weight is 301 g/mol. The zero-order valence-electron chi connectivity index (χ0n) is 9.27. The molecule has 2 rings (SSSR count). The molecule has 3 nitrogen and oxygen atoms in total. The van der Waals surface area contributed by atoms with Gasteiger partial charge in [-0.05, 0) is 23.8 Å². The predicted molar refractivity (Wildman–Crippen MR) is 75.2 cm³/mol. The first-order chi connectivity index (χ1) is 8.59. The lowest BCUT2D eigenvalue weighted by Crippen LogP contribution is -2.02. The summed E-state index contributed by atoms with van der Waals surface area (Å²) in [6.45, 7) is 0. The van der Waals surface area contributed by atoms with Crippen LogP contribution in [0.15, 0.2) is 41.6 Å². The second kappa shape index (κ2) is 5.69. The van der Waals surface area contributed by atoms with E-state index in [2.05, 4.69) is 4.98 Å². The van der Waals surface area contributed by atoms with Gasteiger partial charge in [0.05, 0.1) is 31.5 Å². The van der Waals surface area contributed by atoms with Crippen molar-refractivity contribution in [2.75, 3.05) is 5.73 Å². The molecule has 0 fully saturated rings. The Morgan fingerprint density at radius 3 is 2.67 bits per heavy atom. The van der Waals surface area contributed by atoms with Gasteiger partial charge in [-0.1, -0.05) is 29.3 Å². The number of nitrogen functional groups attached to an aromatic ring is 1. The molecule has 0 saturated carbocycles. The number of rotatable bonds is 3. The van der Waals surface area contributed by atoms with Gasteiger partial charge < -0.3 is 5.73 Å². The molecule has 2 N–H and O–H groups in total. The van der Waals surface area contributed by atoms with Crippen molar-refractivity contribution in [1.82, 2.24) is 4.98 Å². The van der Waals surface area contributed by atoms with Gasteiger partial charge in [-0.25, -0.2) is 0 Å². The molecule has 0 saturated heterocycles. The van der Waals surface area contributed by atoms with Gasteiger partial charge in [0, 0.05) is 18.1 Å². The second-order valence-corrected chi connectivity index (χ2v) is 5.82. The van der Waals surface area contributed by atoms with Crippen LogP contribution in [0, 0.1) is 0 Å². The van der Waals surface area contributed by atoms with E-state index in [0.717, 1.165) is 5.56 Å². The van der Waals surface area contributed by atoms with Gasteiger partial charge in [-0.15, -0.1) is 0 Å². The highest BCUT2D eigenvalue weighted by Crippen LogP contribution is 2.28. The minimum atomic E-state index is -1.34. The maximum Gasteiger partial charge on any atom is 0.0806 e. The van der Waals surface area contributed by atoms with Gasteiger partial charge in [0.2, 0.25) is 0 Å². The molecule has 6 heteroatoms. The summed E-state index contributed by atoms with van der Waals surface area (Å²) in [6.07, 6.45) is 3.12. The Balaban J connectivity index is 2.31. The van der Waals surface area contributed by atoms with Crippen molar-refractivity contribution in [3.8, 4) is 0 Å². The Morgan fingerprint density at radius 1 is 1.22 bits per heavy atom. The predicted octanol–water partition coefficient (Wildman–Crippen LogP) is 3.28. The summed E-state index contributed by atoms with van der Waals surface area (Å²) in [6, 6.07) is 6.79. The fraction of sp³-hybridized carbons (Fsp3) is 0.0833. The van der Waals surface area contributed by atoms with E-state index in [4.69, 9.17) is 28.9 Å². The molecule has 0 spiro atoms. The van der Waals surface area contributed by atoms with Crippen molar-refractivity contribution < 1.29 is 4.21 Å². The second-order valence-electron chi connectivity index (χ2n) is 3.62. The molecule has 1 heterocycles. The largest absolute Gasteiger partial charge is 0.398 e. The number of benzene rings is 1. The van der Waals surface area contributed by atoms with Crippen LogP contribution in [0.4, 0.5) is 5.69 Å². The highest BCUT2D eigenvalue weighted by Gasteiger charge is 2.14. The van der Waals surface area contributed by atoms with Gasteiger partial charge in [0.1, 0.15) is 0 Å². The fourth-order valence-electron chi connectivity index (χ4n) is 1.50. The lowest BCUT2D eigenvalue weighted by molar-refractivity contribution is 0.683. The van der Waals surface area contributed by atoms with Crippen molar-refractivity contribution in [2.45, 2.75) is 10.6 Å². The minimum absolute atomic E-state index is 0.259. The summed E-state index contributed by atoms with van der Waals surface area (Å²) in [7, 11) is -1.34. The van der Waals surface area contributed by atoms with E-state index in [1.165, 1.54) is 6.20 Å². The number of hydrogen-bond donors (Lipinski definition) is 1. The molecule has 0 bridgehead atoms. The monoisotopic (exact) mass is 300 g/mol. The first kappa shape index (κ1) is 13.3. The number of pyridine rings is 1. The Bertz CT molecular complexity index is 584. The quantitative estimate of drug-likeness (QED) is 0.885. The molecule has 0 aliphatic rings. The fourth-order valence-corrected chi connectivity index (χ4v) is 3.50. The molecule has 2 aromatic rings. The molecule has 1 aromatic heterocycles. The topological polar surface area (TPSA) is 56.0 Å². The van der Waals surface area contributed by atoms with Crippen molar-refractivity contribution in [3.05, 3.63) is 52.3 Å². The molecule has 1 unspecified atom stereocenters. The van der Waals surface area contributed by atoms with Gasteiger partial charge in [0.15, 0.2) is 0 Å². The summed E-state index contributed by atoms with van der Waals surface area (Å²) >= 11 is 12.0. The van der Waals surface area contributed by atoms with Crippen LogP contribution in [-0.2, 0) is 16.6 Å². The molecule has 18 heavy (non-hydrogen) atoms. The van der Waals surface area contributed by atoms with Crippen LogP contribution in [0.5, 0.6) is 0 Å². The number of hydrogen-bond acceptors (Lipinski definition) is 3. The van der Waals surface area contributed by atoms with Gasteiger partial charge in [0.25, 0.3) is 0 Å². The zero-order chi connectivity index (χ0) is 13.1. The first-order valence-corrected chi connectivity index (χ1v) is 7.18. The van der Waals surface area contributed by atoms with E-state index >= 15 is 0 Å². The lowest BCUT2D eigenvalue weighted by atomic mass is 10.3. The number of halogens is 2. The summed E-state index contributed by atoms with van der Waals surface area (Å²) in [5.41, 5.74) is 6.97. The smallest absolute Gasteiger partial charge is 0.0806 e. The molecule has 0 aliphatic heterocycles. The molecular weight excluding hydrogens is 291 g/mol. The Labute approximate surface area is 117 Å². The van der Waals surface area contributed by atoms with E-state index in [0.29, 0.717) is 20.6 Å². The maximum absolute atomic E-state index is 12.3. The number of anilines is 1. The third-order valence-electron chi connectivity index (χ3n) is 2.37. The van der Waals surface area contributed by atoms with E-state index in [1.54, 1.807) is 30.5 Å². The number of nitrogens with two attached hydrogens (primary N) is 1. The maximum atomic E-state index is 12.3. The number of aromatic nitrogens is 1. The van der Waals surface area contributed by atoms with E-state index in [-0.39, 0.29) is 5.75 Å². The van der Waals surface area contributed by atoms with Crippen molar-refractivity contribution in [1.29, 1.82) is 0 Å². The third kappa shape index (κ3) is 2.83. The SMILES string of the molecule is Nc1cccc(Cl)c1S(=O)Cc1ccncc1Cl. The molecule has 0 aliphatic carbocycles. The van der Waals surface area contributed by atoms with E-state index < -0.39 is 10.8 Å². The standard InChI is InChI=1S/C12H10Cl2N2OS/c13-9-2-1-3-11(15)12(9)18(17)7-8-4-5-16-6-10(8)14/h1-6H,7,15H2. The van der Waals surface area contributed by atoms with Crippen molar-refractivity contribution >= 4 is 39.7 Å². The highest BCUT2D eigenvalue weighted by atomic mass is 35.5. The van der Waals surface area contributed by atoms with Crippen LogP contribution in [0.1, 0.15) is 5.56 Å². The van der Waals surface area contributed by atoms with Crippen LogP contribution in [0.3, 0.4) is 0 Å². The molecule has 94 valence electrons. The summed E-state index contributed by atoms with van der Waals surface area (Å²) in [5, 5.41) is 0.884. The van der Waals surface area contributed by atoms with Crippen LogP contribution < -0.4 is 5.73 Å². The summed E-state index contributed by atoms with van der Waals surface area (Å²) in [4.78, 5) is 4.33. The Hall–Kier alpha value is -1.10. The van der Waals surface area contributed by atoms with Crippen LogP contribution >= 0.6 is 23.2 Å². The molecule has 0 radical (unpaired) electrons. The van der Waals surface area contributed by atoms with Gasteiger partial charge >= 0.3 is 0 Å². The Kier molecular flexibility index (Phi) is 4.22. The zero-order valence-corrected chi connectivity index (χ0v) is 11.6. The van der Waals surface area contributed by atoms with Crippen molar-refractivity contribution in [2.24, 2.45) is 0 Å². The summed E-state index contributed by atoms with van der Waals surface area (Å²) in [5.74, 6) is 0.259. The number of nitrogens with zero attached hydrogens (tertiary/aromatic N) is 1. The van der Waals surface area contributed by atoms with Gasteiger partial charge in [-0.2, -0.15) is 0 Å². The van der Waals surface area contributed by atoms with Gasteiger partial charge in [-0.3, -0.25) is 9.19 Å². The van der Waals surface area contributed by atoms with Crippen LogP contribution in [-0.4, -0.2) is 9.19 Å². The Morgan fingerprint density at radius 2 is 2.00 bits per heavy atom. The highest BCUT2D eigenvalue weighted by molar-refractivity contribution is 7.84. The van der Waals surface area contributed by atoms with Crippen LogP contribution in [0.2, 0.25) is 10.0 Å². The normalized spacial score (nSPS) is 12.3. The first-order valence-electron chi connectivity index (χ1n) is 5.10. The molecule has 1 atom stereocenters. The molecular formula is C12H10Cl2N2OS. The van der Waals surface area contributed by atoms with Crippen molar-refractivity contribution in [3.63, 3.8) is 0 Å². The lowest BCUT2D eigenvalue weighted by Gasteiger charge is -2.08. The minimum Gasteiger partial charge on any atom is -0.398 e. The summed E-state index contributed by atoms with van der Waals surface area (Å²) < 4.78 is 12.3.